The zero-order valence-electron chi connectivity index (χ0n) is 14.5. The number of ether oxygens (including phenoxy) is 2. The van der Waals surface area contributed by atoms with Gasteiger partial charge in [-0.2, -0.15) is 5.10 Å². The molecule has 0 radical (unpaired) electrons. The monoisotopic (exact) mass is 352 g/mol. The lowest BCUT2D eigenvalue weighted by molar-refractivity contribution is -0.183. The Labute approximate surface area is 148 Å². The highest BCUT2D eigenvalue weighted by Crippen LogP contribution is 2.15. The average molecular weight is 353 g/mol. The van der Waals surface area contributed by atoms with Gasteiger partial charge in [0, 0.05) is 19.2 Å². The predicted octanol–water partition coefficient (Wildman–Crippen LogP) is 3.35. The van der Waals surface area contributed by atoms with Crippen molar-refractivity contribution >= 4 is 28.7 Å². The second-order valence-electron chi connectivity index (χ2n) is 5.44. The Morgan fingerprint density at radius 2 is 2.12 bits per heavy atom. The van der Waals surface area contributed by atoms with E-state index in [0.717, 1.165) is 37.5 Å². The molecule has 0 saturated carbocycles. The summed E-state index contributed by atoms with van der Waals surface area (Å²) in [5.74, 6) is 0. The highest BCUT2D eigenvalue weighted by atomic mass is 35.5. The fraction of sp³-hybridized carbons (Fsp3) is 0.588. The molecule has 0 aromatic rings. The summed E-state index contributed by atoms with van der Waals surface area (Å²) in [6.07, 6.45) is 8.71. The molecule has 0 spiro atoms. The maximum absolute atomic E-state index is 5.95. The maximum Gasteiger partial charge on any atom is 0.159 e. The normalized spacial score (nSPS) is 23.9. The molecule has 7 heteroatoms. The topological polar surface area (TPSA) is 58.8 Å². The lowest BCUT2D eigenvalue weighted by atomic mass is 10.2. The predicted molar refractivity (Wildman–Crippen MR) is 98.9 cm³/mol. The highest BCUT2D eigenvalue weighted by molar-refractivity contribution is 6.69. The number of allylic oxidation sites excluding steroid dienone is 3. The third-order valence-corrected chi connectivity index (χ3v) is 3.86. The molecule has 1 saturated heterocycles. The van der Waals surface area contributed by atoms with E-state index < -0.39 is 0 Å². The fourth-order valence-electron chi connectivity index (χ4n) is 2.46. The van der Waals surface area contributed by atoms with Gasteiger partial charge in [-0.15, -0.1) is 0 Å². The summed E-state index contributed by atoms with van der Waals surface area (Å²) in [7, 11) is 0. The second-order valence-corrected chi connectivity index (χ2v) is 5.83. The molecular weight excluding hydrogens is 328 g/mol. The quantitative estimate of drug-likeness (QED) is 0.544. The lowest BCUT2D eigenvalue weighted by Gasteiger charge is -2.28. The van der Waals surface area contributed by atoms with Crippen LogP contribution in [0.3, 0.4) is 0 Å². The molecule has 0 aliphatic carbocycles. The van der Waals surface area contributed by atoms with Crippen LogP contribution in [0, 0.1) is 0 Å². The van der Waals surface area contributed by atoms with E-state index >= 15 is 0 Å². The van der Waals surface area contributed by atoms with Crippen molar-refractivity contribution < 1.29 is 9.47 Å². The molecule has 0 N–H and O–H groups in total. The molecule has 0 bridgehead atoms. The number of aliphatic imine (C=N–C) groups is 2. The van der Waals surface area contributed by atoms with Crippen molar-refractivity contribution in [2.45, 2.75) is 46.1 Å². The summed E-state index contributed by atoms with van der Waals surface area (Å²) >= 11 is 5.95. The fourth-order valence-corrected chi connectivity index (χ4v) is 2.62. The van der Waals surface area contributed by atoms with E-state index in [1.165, 1.54) is 0 Å². The average Bonchev–Trinajstić information content (AvgIpc) is 2.60. The van der Waals surface area contributed by atoms with Crippen LogP contribution in [0.4, 0.5) is 0 Å². The Kier molecular flexibility index (Phi) is 7.62. The van der Waals surface area contributed by atoms with Crippen LogP contribution in [0.25, 0.3) is 0 Å². The number of halogens is 1. The SMILES string of the molecule is C/C=N\N(CCC1OCCCO1)C(C)N=C1C=CC(Cl)=N/C1=C/C. The van der Waals surface area contributed by atoms with Gasteiger partial charge >= 0.3 is 0 Å². The first-order chi connectivity index (χ1) is 11.6. The van der Waals surface area contributed by atoms with Crippen LogP contribution in [0.15, 0.2) is 39.0 Å². The maximum atomic E-state index is 5.95. The second kappa shape index (κ2) is 9.71. The molecule has 6 nitrogen and oxygen atoms in total. The summed E-state index contributed by atoms with van der Waals surface area (Å²) in [6.45, 7) is 8.03. The molecule has 2 aliphatic heterocycles. The minimum atomic E-state index is -0.155. The summed E-state index contributed by atoms with van der Waals surface area (Å²) in [5, 5.41) is 6.81. The summed E-state index contributed by atoms with van der Waals surface area (Å²) in [5.41, 5.74) is 1.57. The molecule has 2 rings (SSSR count). The molecule has 1 fully saturated rings. The third kappa shape index (κ3) is 5.54. The molecule has 1 atom stereocenters. The minimum absolute atomic E-state index is 0.133. The number of rotatable bonds is 6. The zero-order valence-corrected chi connectivity index (χ0v) is 15.2. The molecule has 2 heterocycles. The Hall–Kier alpha value is -1.50. The molecule has 0 aromatic carbocycles. The third-order valence-electron chi connectivity index (χ3n) is 3.65. The molecule has 0 amide bonds. The molecule has 24 heavy (non-hydrogen) atoms. The van der Waals surface area contributed by atoms with Crippen LogP contribution in [0.2, 0.25) is 0 Å². The van der Waals surface area contributed by atoms with Crippen LogP contribution in [0.1, 0.15) is 33.6 Å². The van der Waals surface area contributed by atoms with Gasteiger partial charge in [0.25, 0.3) is 0 Å². The van der Waals surface area contributed by atoms with Crippen molar-refractivity contribution in [3.8, 4) is 0 Å². The lowest BCUT2D eigenvalue weighted by Crippen LogP contribution is -2.33. The van der Waals surface area contributed by atoms with E-state index in [1.54, 1.807) is 12.3 Å². The van der Waals surface area contributed by atoms with Crippen molar-refractivity contribution in [2.75, 3.05) is 19.8 Å². The first-order valence-corrected chi connectivity index (χ1v) is 8.67. The van der Waals surface area contributed by atoms with E-state index in [-0.39, 0.29) is 12.5 Å². The van der Waals surface area contributed by atoms with Gasteiger partial charge in [0.1, 0.15) is 11.3 Å². The number of dihydropyridines is 1. The first kappa shape index (κ1) is 18.8. The Morgan fingerprint density at radius 3 is 2.79 bits per heavy atom. The number of hydrogen-bond acceptors (Lipinski definition) is 6. The van der Waals surface area contributed by atoms with E-state index in [1.807, 2.05) is 37.9 Å². The van der Waals surface area contributed by atoms with Crippen molar-refractivity contribution in [2.24, 2.45) is 15.1 Å². The van der Waals surface area contributed by atoms with E-state index in [4.69, 9.17) is 26.1 Å². The Morgan fingerprint density at radius 1 is 1.38 bits per heavy atom. The smallest absolute Gasteiger partial charge is 0.159 e. The van der Waals surface area contributed by atoms with Crippen LogP contribution < -0.4 is 0 Å². The standard InChI is InChI=1S/C17H25ClN4O2/c1-4-14-15(7-8-16(18)21-14)20-13(3)22(19-5-2)10-9-17-23-11-6-12-24-17/h4-5,7-8,13,17H,6,9-12H2,1-3H3/b14-4+,19-5-,20-15?. The van der Waals surface area contributed by atoms with Gasteiger partial charge in [0.2, 0.25) is 0 Å². The molecule has 2 aliphatic rings. The molecule has 1 unspecified atom stereocenters. The summed E-state index contributed by atoms with van der Waals surface area (Å²) in [4.78, 5) is 9.02. The van der Waals surface area contributed by atoms with Crippen molar-refractivity contribution in [1.82, 2.24) is 5.01 Å². The van der Waals surface area contributed by atoms with Crippen molar-refractivity contribution in [1.29, 1.82) is 0 Å². The van der Waals surface area contributed by atoms with E-state index in [2.05, 4.69) is 10.1 Å². The van der Waals surface area contributed by atoms with Gasteiger partial charge in [-0.05, 0) is 39.3 Å². The summed E-state index contributed by atoms with van der Waals surface area (Å²) < 4.78 is 11.2. The molecule has 132 valence electrons. The van der Waals surface area contributed by atoms with E-state index in [0.29, 0.717) is 11.7 Å². The largest absolute Gasteiger partial charge is 0.353 e. The Bertz CT molecular complexity index is 563. The van der Waals surface area contributed by atoms with E-state index in [9.17, 15) is 0 Å². The Balaban J connectivity index is 2.01. The minimum Gasteiger partial charge on any atom is -0.353 e. The number of nitrogens with zero attached hydrogens (tertiary/aromatic N) is 4. The first-order valence-electron chi connectivity index (χ1n) is 8.29. The van der Waals surface area contributed by atoms with Crippen LogP contribution in [0.5, 0.6) is 0 Å². The van der Waals surface area contributed by atoms with Gasteiger partial charge in [-0.1, -0.05) is 17.7 Å². The van der Waals surface area contributed by atoms with Gasteiger partial charge < -0.3 is 9.47 Å². The highest BCUT2D eigenvalue weighted by Gasteiger charge is 2.18. The molecule has 0 aromatic heterocycles. The van der Waals surface area contributed by atoms with Crippen molar-refractivity contribution in [3.05, 3.63) is 23.9 Å². The summed E-state index contributed by atoms with van der Waals surface area (Å²) in [6, 6.07) is 0. The number of hydrazone groups is 1. The van der Waals surface area contributed by atoms with Crippen LogP contribution in [-0.2, 0) is 9.47 Å². The van der Waals surface area contributed by atoms with Crippen LogP contribution >= 0.6 is 11.6 Å². The van der Waals surface area contributed by atoms with Crippen molar-refractivity contribution in [3.63, 3.8) is 0 Å². The van der Waals surface area contributed by atoms with Gasteiger partial charge in [-0.25, -0.2) is 4.99 Å². The number of hydrogen-bond donors (Lipinski definition) is 0. The van der Waals surface area contributed by atoms with Gasteiger partial charge in [0.05, 0.1) is 24.6 Å². The zero-order chi connectivity index (χ0) is 17.4. The van der Waals surface area contributed by atoms with Gasteiger partial charge in [0.15, 0.2) is 6.29 Å². The molecular formula is C17H25ClN4O2. The van der Waals surface area contributed by atoms with Gasteiger partial charge in [-0.3, -0.25) is 10.0 Å². The van der Waals surface area contributed by atoms with Crippen LogP contribution in [-0.4, -0.2) is 54.3 Å².